The highest BCUT2D eigenvalue weighted by molar-refractivity contribution is 7.86. The second-order valence-corrected chi connectivity index (χ2v) is 7.37. The van der Waals surface area contributed by atoms with Gasteiger partial charge >= 0.3 is 6.09 Å². The van der Waals surface area contributed by atoms with Crippen LogP contribution in [0.15, 0.2) is 0 Å². The van der Waals surface area contributed by atoms with Crippen molar-refractivity contribution in [3.63, 3.8) is 0 Å². The lowest BCUT2D eigenvalue weighted by Gasteiger charge is -2.18. The van der Waals surface area contributed by atoms with E-state index in [-0.39, 0.29) is 0 Å². The summed E-state index contributed by atoms with van der Waals surface area (Å²) < 4.78 is 52.2. The lowest BCUT2D eigenvalue weighted by molar-refractivity contribution is 0.0300. The van der Waals surface area contributed by atoms with E-state index < -0.39 is 31.9 Å². The normalized spacial score (nSPS) is 12.1. The van der Waals surface area contributed by atoms with Crippen molar-refractivity contribution < 1.29 is 34.9 Å². The van der Waals surface area contributed by atoms with Gasteiger partial charge in [-0.1, -0.05) is 0 Å². The second kappa shape index (κ2) is 7.59. The predicted octanol–water partition coefficient (Wildman–Crippen LogP) is -0.761. The number of nitrogens with one attached hydrogen (secondary N) is 1. The highest BCUT2D eigenvalue weighted by Gasteiger charge is 2.17. The van der Waals surface area contributed by atoms with Crippen LogP contribution in [0.4, 0.5) is 4.79 Å². The van der Waals surface area contributed by atoms with Crippen LogP contribution in [0.5, 0.6) is 0 Å². The Hall–Kier alpha value is -0.950. The van der Waals surface area contributed by atoms with Gasteiger partial charge in [-0.3, -0.25) is 0 Å². The Morgan fingerprint density at radius 1 is 1.05 bits per heavy atom. The lowest BCUT2D eigenvalue weighted by atomic mass is 10.2. The number of carbonyl (C=O) groups excluding carboxylic acids is 1. The van der Waals surface area contributed by atoms with Crippen LogP contribution in [-0.2, 0) is 33.5 Å². The number of amides is 1. The first-order valence-electron chi connectivity index (χ1n) is 4.62. The first-order chi connectivity index (χ1) is 8.16. The number of hydroxylamine groups is 1. The molecule has 0 unspecified atom stereocenters. The van der Waals surface area contributed by atoms with E-state index in [9.17, 15) is 21.6 Å². The van der Waals surface area contributed by atoms with Crippen LogP contribution in [0.25, 0.3) is 0 Å². The molecule has 0 aromatic rings. The molecular formula is C7H18N2O8S2. The van der Waals surface area contributed by atoms with Crippen LogP contribution in [0.2, 0.25) is 0 Å². The maximum Gasteiger partial charge on any atom is 0.432 e. The Balaban J connectivity index is 0. The van der Waals surface area contributed by atoms with E-state index in [1.807, 2.05) is 0 Å². The SMILES string of the molecule is CC(C)(C)OC(=O)NOS(C)(=O)=O.CS(=O)(=O)ON. The molecule has 1 amide bonds. The molecule has 0 aliphatic heterocycles. The standard InChI is InChI=1S/C6H13NO5S.CH5NO3S/c1-6(2,3)11-5(8)7-12-13(4,9)10;1-6(3,4)5-2/h1-4H3,(H,7,8);2H2,1H3. The number of hydrogen-bond acceptors (Lipinski definition) is 9. The highest BCUT2D eigenvalue weighted by atomic mass is 32.2. The van der Waals surface area contributed by atoms with E-state index >= 15 is 0 Å². The third-order valence-electron chi connectivity index (χ3n) is 0.850. The number of rotatable bonds is 3. The minimum Gasteiger partial charge on any atom is -0.442 e. The van der Waals surface area contributed by atoms with E-state index in [2.05, 4.69) is 14.5 Å². The summed E-state index contributed by atoms with van der Waals surface area (Å²) in [7, 11) is -7.07. The second-order valence-electron chi connectivity index (χ2n) is 4.19. The molecule has 116 valence electrons. The van der Waals surface area contributed by atoms with Crippen LogP contribution in [0, 0.1) is 0 Å². The average molecular weight is 322 g/mol. The van der Waals surface area contributed by atoms with Gasteiger partial charge in [0.05, 0.1) is 12.5 Å². The Morgan fingerprint density at radius 3 is 1.63 bits per heavy atom. The average Bonchev–Trinajstić information content (AvgIpc) is 2.11. The van der Waals surface area contributed by atoms with Crippen molar-refractivity contribution in [3.8, 4) is 0 Å². The van der Waals surface area contributed by atoms with Crippen LogP contribution in [0.3, 0.4) is 0 Å². The minimum atomic E-state index is -3.69. The zero-order valence-corrected chi connectivity index (χ0v) is 12.8. The summed E-state index contributed by atoms with van der Waals surface area (Å²) in [6.45, 7) is 4.94. The molecule has 0 aliphatic rings. The van der Waals surface area contributed by atoms with Crippen molar-refractivity contribution in [3.05, 3.63) is 0 Å². The molecule has 0 heterocycles. The van der Waals surface area contributed by atoms with Gasteiger partial charge < -0.3 is 4.74 Å². The van der Waals surface area contributed by atoms with E-state index in [1.54, 1.807) is 26.3 Å². The van der Waals surface area contributed by atoms with E-state index in [4.69, 9.17) is 4.74 Å². The maximum absolute atomic E-state index is 10.8. The Bertz CT molecular complexity index is 476. The Morgan fingerprint density at radius 2 is 1.42 bits per heavy atom. The maximum atomic E-state index is 10.8. The van der Waals surface area contributed by atoms with Crippen molar-refractivity contribution in [2.75, 3.05) is 12.5 Å². The van der Waals surface area contributed by atoms with Gasteiger partial charge in [-0.15, -0.1) is 4.28 Å². The molecule has 10 nitrogen and oxygen atoms in total. The molecule has 3 N–H and O–H groups in total. The van der Waals surface area contributed by atoms with Crippen molar-refractivity contribution in [1.82, 2.24) is 5.48 Å². The summed E-state index contributed by atoms with van der Waals surface area (Å²) in [4.78, 5) is 10.8. The molecule has 0 radical (unpaired) electrons. The molecule has 0 saturated heterocycles. The molecule has 0 aromatic heterocycles. The fourth-order valence-electron chi connectivity index (χ4n) is 0.409. The number of hydrogen-bond donors (Lipinski definition) is 2. The van der Waals surface area contributed by atoms with Crippen molar-refractivity contribution in [2.45, 2.75) is 26.4 Å². The zero-order valence-electron chi connectivity index (χ0n) is 11.2. The molecule has 19 heavy (non-hydrogen) atoms. The fraction of sp³-hybridized carbons (Fsp3) is 0.857. The summed E-state index contributed by atoms with van der Waals surface area (Å²) >= 11 is 0. The fourth-order valence-corrected chi connectivity index (χ4v) is 0.628. The summed E-state index contributed by atoms with van der Waals surface area (Å²) in [5, 5.41) is 0. The van der Waals surface area contributed by atoms with Crippen molar-refractivity contribution >= 4 is 26.3 Å². The molecule has 0 fully saturated rings. The number of carbonyl (C=O) groups is 1. The van der Waals surface area contributed by atoms with Gasteiger partial charge in [-0.2, -0.15) is 32.5 Å². The van der Waals surface area contributed by atoms with Gasteiger partial charge in [-0.05, 0) is 20.8 Å². The summed E-state index contributed by atoms with van der Waals surface area (Å²) in [6, 6.07) is 0. The van der Waals surface area contributed by atoms with Crippen molar-refractivity contribution in [1.29, 1.82) is 0 Å². The molecule has 0 atom stereocenters. The first-order valence-corrected chi connectivity index (χ1v) is 8.25. The van der Waals surface area contributed by atoms with Gasteiger partial charge in [-0.25, -0.2) is 4.79 Å². The Labute approximate surface area is 112 Å². The van der Waals surface area contributed by atoms with Crippen LogP contribution >= 0.6 is 0 Å². The predicted molar refractivity (Wildman–Crippen MR) is 65.4 cm³/mol. The number of ether oxygens (including phenoxy) is 1. The van der Waals surface area contributed by atoms with Gasteiger partial charge in [0, 0.05) is 0 Å². The Kier molecular flexibility index (Phi) is 8.14. The van der Waals surface area contributed by atoms with E-state index in [1.165, 1.54) is 0 Å². The molecule has 0 saturated carbocycles. The molecule has 0 spiro atoms. The zero-order chi connectivity index (χ0) is 15.9. The summed E-state index contributed by atoms with van der Waals surface area (Å²) in [6.07, 6.45) is 0.732. The van der Waals surface area contributed by atoms with Gasteiger partial charge in [0.1, 0.15) is 5.60 Å². The van der Waals surface area contributed by atoms with E-state index in [0.717, 1.165) is 12.5 Å². The lowest BCUT2D eigenvalue weighted by Crippen LogP contribution is -2.33. The molecule has 0 aliphatic carbocycles. The smallest absolute Gasteiger partial charge is 0.432 e. The summed E-state index contributed by atoms with van der Waals surface area (Å²) in [5.41, 5.74) is 0.940. The van der Waals surface area contributed by atoms with E-state index in [0.29, 0.717) is 0 Å². The minimum absolute atomic E-state index is 0.690. The third kappa shape index (κ3) is 22.7. The molecule has 0 aromatic carbocycles. The first kappa shape index (κ1) is 20.4. The topological polar surface area (TPSA) is 151 Å². The summed E-state index contributed by atoms with van der Waals surface area (Å²) in [5.74, 6) is 4.22. The number of nitrogens with two attached hydrogens (primary N) is 1. The molecule has 12 heteroatoms. The largest absolute Gasteiger partial charge is 0.442 e. The van der Waals surface area contributed by atoms with Gasteiger partial charge in [0.15, 0.2) is 0 Å². The molecule has 0 bridgehead atoms. The highest BCUT2D eigenvalue weighted by Crippen LogP contribution is 2.06. The van der Waals surface area contributed by atoms with Crippen LogP contribution in [0.1, 0.15) is 20.8 Å². The monoisotopic (exact) mass is 322 g/mol. The third-order valence-corrected chi connectivity index (χ3v) is 1.59. The van der Waals surface area contributed by atoms with Gasteiger partial charge in [0.2, 0.25) is 0 Å². The van der Waals surface area contributed by atoms with Crippen LogP contribution < -0.4 is 11.4 Å². The quantitative estimate of drug-likeness (QED) is 0.638. The van der Waals surface area contributed by atoms with Gasteiger partial charge in [0.25, 0.3) is 20.2 Å². The molecule has 0 rings (SSSR count). The van der Waals surface area contributed by atoms with Crippen LogP contribution in [-0.4, -0.2) is 41.0 Å². The molecular weight excluding hydrogens is 304 g/mol. The van der Waals surface area contributed by atoms with Crippen molar-refractivity contribution in [2.24, 2.45) is 5.90 Å².